The third-order valence-corrected chi connectivity index (χ3v) is 4.38. The molecule has 0 fully saturated rings. The molecule has 6 heteroatoms. The van der Waals surface area contributed by atoms with E-state index in [1.807, 2.05) is 0 Å². The summed E-state index contributed by atoms with van der Waals surface area (Å²) in [4.78, 5) is 10.8. The van der Waals surface area contributed by atoms with Crippen LogP contribution >= 0.6 is 0 Å². The quantitative estimate of drug-likeness (QED) is 0.666. The molecule has 1 N–H and O–H groups in total. The fourth-order valence-electron chi connectivity index (χ4n) is 2.10. The maximum atomic E-state index is 13.1. The largest absolute Gasteiger partial charge is 0.478 e. The number of hydrogen-bond donors (Lipinski definition) is 1. The molecule has 4 nitrogen and oxygen atoms in total. The van der Waals surface area contributed by atoms with Crippen molar-refractivity contribution in [3.05, 3.63) is 83.7 Å². The van der Waals surface area contributed by atoms with Gasteiger partial charge in [0.25, 0.3) is 0 Å². The van der Waals surface area contributed by atoms with Crippen molar-refractivity contribution >= 4 is 21.4 Å². The molecule has 24 heavy (non-hydrogen) atoms. The van der Waals surface area contributed by atoms with Crippen LogP contribution in [0.4, 0.5) is 4.39 Å². The van der Waals surface area contributed by atoms with Crippen molar-refractivity contribution in [3.8, 4) is 0 Å². The second-order valence-electron chi connectivity index (χ2n) is 5.08. The maximum absolute atomic E-state index is 13.1. The molecule has 0 radical (unpaired) electrons. The van der Waals surface area contributed by atoms with Gasteiger partial charge in [-0.25, -0.2) is 17.6 Å². The second-order valence-corrected chi connectivity index (χ2v) is 7.10. The first-order chi connectivity index (χ1) is 11.3. The van der Waals surface area contributed by atoms with Gasteiger partial charge in [-0.3, -0.25) is 0 Å². The average Bonchev–Trinajstić information content (AvgIpc) is 2.52. The Balaban J connectivity index is 2.49. The van der Waals surface area contributed by atoms with Gasteiger partial charge >= 0.3 is 5.97 Å². The van der Waals surface area contributed by atoms with Crippen LogP contribution in [0.5, 0.6) is 0 Å². The highest BCUT2D eigenvalue weighted by atomic mass is 32.2. The van der Waals surface area contributed by atoms with Crippen LogP contribution in [0.3, 0.4) is 0 Å². The molecule has 0 amide bonds. The van der Waals surface area contributed by atoms with Crippen molar-refractivity contribution in [3.63, 3.8) is 0 Å². The van der Waals surface area contributed by atoms with E-state index in [2.05, 4.69) is 0 Å². The standard InChI is InChI=1S/C18H15FO4S/c1-24(22,23)16-11-7-14(8-12-16)17(3-2-4-18(20)21)13-5-9-15(19)10-6-13/h2-12H,1H3,(H,20,21)/b4-2+,17-3+. The number of hydrogen-bond acceptors (Lipinski definition) is 3. The van der Waals surface area contributed by atoms with Gasteiger partial charge in [0.05, 0.1) is 4.90 Å². The summed E-state index contributed by atoms with van der Waals surface area (Å²) in [5.74, 6) is -1.47. The number of sulfone groups is 1. The Labute approximate surface area is 139 Å². The van der Waals surface area contributed by atoms with Gasteiger partial charge in [-0.15, -0.1) is 0 Å². The lowest BCUT2D eigenvalue weighted by Gasteiger charge is -2.09. The summed E-state index contributed by atoms with van der Waals surface area (Å²) in [6.07, 6.45) is 5.05. The number of rotatable bonds is 5. The second kappa shape index (κ2) is 7.23. The van der Waals surface area contributed by atoms with E-state index in [1.165, 1.54) is 30.3 Å². The Hall–Kier alpha value is -2.73. The molecule has 0 aliphatic heterocycles. The third-order valence-electron chi connectivity index (χ3n) is 3.25. The van der Waals surface area contributed by atoms with Crippen LogP contribution in [0.25, 0.3) is 5.57 Å². The highest BCUT2D eigenvalue weighted by Gasteiger charge is 2.09. The molecule has 2 aromatic carbocycles. The molecule has 0 bridgehead atoms. The number of carbonyl (C=O) groups is 1. The zero-order chi connectivity index (χ0) is 17.7. The molecule has 0 aliphatic carbocycles. The molecule has 0 saturated carbocycles. The Morgan fingerprint density at radius 2 is 1.50 bits per heavy atom. The SMILES string of the molecule is CS(=O)(=O)c1ccc(/C(=C/C=C/C(=O)O)c2ccc(F)cc2)cc1. The number of carboxylic acids is 1. The van der Waals surface area contributed by atoms with E-state index in [0.29, 0.717) is 16.7 Å². The molecular formula is C18H15FO4S. The highest BCUT2D eigenvalue weighted by Crippen LogP contribution is 2.25. The molecule has 0 spiro atoms. The van der Waals surface area contributed by atoms with Gasteiger partial charge in [0, 0.05) is 12.3 Å². The summed E-state index contributed by atoms with van der Waals surface area (Å²) in [5, 5.41) is 8.70. The minimum atomic E-state index is -3.30. The monoisotopic (exact) mass is 346 g/mol. The van der Waals surface area contributed by atoms with Crippen molar-refractivity contribution in [2.75, 3.05) is 6.26 Å². The Morgan fingerprint density at radius 3 is 1.96 bits per heavy atom. The topological polar surface area (TPSA) is 71.4 Å². The van der Waals surface area contributed by atoms with Crippen LogP contribution in [-0.4, -0.2) is 25.7 Å². The molecule has 0 heterocycles. The lowest BCUT2D eigenvalue weighted by atomic mass is 9.97. The molecule has 0 aliphatic rings. The lowest BCUT2D eigenvalue weighted by molar-refractivity contribution is -0.131. The summed E-state index contributed by atoms with van der Waals surface area (Å²) in [5.41, 5.74) is 2.01. The van der Waals surface area contributed by atoms with Gasteiger partial charge in [0.15, 0.2) is 9.84 Å². The van der Waals surface area contributed by atoms with E-state index in [4.69, 9.17) is 5.11 Å². The summed E-state index contributed by atoms with van der Waals surface area (Å²) in [7, 11) is -3.30. The van der Waals surface area contributed by atoms with Crippen LogP contribution in [-0.2, 0) is 14.6 Å². The number of halogens is 1. The summed E-state index contributed by atoms with van der Waals surface area (Å²) >= 11 is 0. The van der Waals surface area contributed by atoms with E-state index in [-0.39, 0.29) is 10.7 Å². The summed E-state index contributed by atoms with van der Waals surface area (Å²) in [6.45, 7) is 0. The molecule has 0 atom stereocenters. The molecule has 0 aromatic heterocycles. The zero-order valence-corrected chi connectivity index (χ0v) is 13.6. The number of aliphatic carboxylic acids is 1. The van der Waals surface area contributed by atoms with Gasteiger partial charge in [0.1, 0.15) is 5.82 Å². The van der Waals surface area contributed by atoms with Crippen molar-refractivity contribution in [2.45, 2.75) is 4.90 Å². The van der Waals surface area contributed by atoms with Crippen LogP contribution < -0.4 is 0 Å². The van der Waals surface area contributed by atoms with Gasteiger partial charge in [0.2, 0.25) is 0 Å². The molecule has 124 valence electrons. The Kier molecular flexibility index (Phi) is 5.31. The number of benzene rings is 2. The first-order valence-electron chi connectivity index (χ1n) is 6.95. The van der Waals surface area contributed by atoms with Crippen molar-refractivity contribution < 1.29 is 22.7 Å². The molecule has 2 aromatic rings. The van der Waals surface area contributed by atoms with Gasteiger partial charge in [-0.1, -0.05) is 36.4 Å². The van der Waals surface area contributed by atoms with E-state index in [1.54, 1.807) is 30.3 Å². The van der Waals surface area contributed by atoms with Crippen molar-refractivity contribution in [1.29, 1.82) is 0 Å². The predicted octanol–water partition coefficient (Wildman–Crippen LogP) is 3.30. The predicted molar refractivity (Wildman–Crippen MR) is 89.8 cm³/mol. The molecule has 2 rings (SSSR count). The molecule has 0 unspecified atom stereocenters. The number of carboxylic acid groups (broad SMARTS) is 1. The van der Waals surface area contributed by atoms with Crippen LogP contribution in [0.15, 0.2) is 71.7 Å². The van der Waals surface area contributed by atoms with Crippen molar-refractivity contribution in [2.24, 2.45) is 0 Å². The summed E-state index contributed by atoms with van der Waals surface area (Å²) < 4.78 is 36.2. The van der Waals surface area contributed by atoms with E-state index < -0.39 is 15.8 Å². The molecular weight excluding hydrogens is 331 g/mol. The third kappa shape index (κ3) is 4.63. The summed E-state index contributed by atoms with van der Waals surface area (Å²) in [6, 6.07) is 11.9. The van der Waals surface area contributed by atoms with E-state index in [0.717, 1.165) is 12.3 Å². The van der Waals surface area contributed by atoms with Gasteiger partial charge in [-0.05, 0) is 41.0 Å². The normalized spacial score (nSPS) is 12.5. The Bertz CT molecular complexity index is 893. The molecule has 0 saturated heterocycles. The zero-order valence-electron chi connectivity index (χ0n) is 12.8. The van der Waals surface area contributed by atoms with Crippen LogP contribution in [0.1, 0.15) is 11.1 Å². The van der Waals surface area contributed by atoms with Gasteiger partial charge in [-0.2, -0.15) is 0 Å². The van der Waals surface area contributed by atoms with E-state index >= 15 is 0 Å². The maximum Gasteiger partial charge on any atom is 0.328 e. The average molecular weight is 346 g/mol. The van der Waals surface area contributed by atoms with Crippen LogP contribution in [0, 0.1) is 5.82 Å². The fraction of sp³-hybridized carbons (Fsp3) is 0.0556. The number of allylic oxidation sites excluding steroid dienone is 2. The minimum Gasteiger partial charge on any atom is -0.478 e. The first-order valence-corrected chi connectivity index (χ1v) is 8.84. The van der Waals surface area contributed by atoms with Crippen molar-refractivity contribution in [1.82, 2.24) is 0 Å². The highest BCUT2D eigenvalue weighted by molar-refractivity contribution is 7.90. The van der Waals surface area contributed by atoms with Crippen LogP contribution in [0.2, 0.25) is 0 Å². The van der Waals surface area contributed by atoms with Gasteiger partial charge < -0.3 is 5.11 Å². The first kappa shape index (κ1) is 17.6. The minimum absolute atomic E-state index is 0.186. The lowest BCUT2D eigenvalue weighted by Crippen LogP contribution is -1.97. The Morgan fingerprint density at radius 1 is 1.00 bits per heavy atom. The smallest absolute Gasteiger partial charge is 0.328 e. The fourth-order valence-corrected chi connectivity index (χ4v) is 2.73. The van der Waals surface area contributed by atoms with E-state index in [9.17, 15) is 17.6 Å².